The van der Waals surface area contributed by atoms with Gasteiger partial charge in [0.25, 0.3) is 17.2 Å². The number of nitro groups is 1. The molecule has 2 heterocycles. The standard InChI is InChI=1S/C26H28N4O5S/c31-24(28-11-13-35-14-12-28)19-9-10-22-23(16-19)27-26(29(25(22)32)20-6-2-1-3-7-20)36-17-18-5-4-8-21(15-18)30(33)34/h4-5,8-10,15-16,20H,1-3,6-7,11-14,17H2. The third kappa shape index (κ3) is 5.15. The summed E-state index contributed by atoms with van der Waals surface area (Å²) >= 11 is 1.40. The summed E-state index contributed by atoms with van der Waals surface area (Å²) in [6.07, 6.45) is 5.14. The van der Waals surface area contributed by atoms with Crippen molar-refractivity contribution >= 4 is 34.3 Å². The molecule has 10 heteroatoms. The highest BCUT2D eigenvalue weighted by Crippen LogP contribution is 2.32. The van der Waals surface area contributed by atoms with Crippen LogP contribution in [0, 0.1) is 10.1 Å². The number of nitrogens with zero attached hydrogens (tertiary/aromatic N) is 4. The van der Waals surface area contributed by atoms with Crippen LogP contribution >= 0.6 is 11.8 Å². The molecule has 0 N–H and O–H groups in total. The Morgan fingerprint density at radius 1 is 1.11 bits per heavy atom. The Kier molecular flexibility index (Phi) is 7.33. The first-order valence-corrected chi connectivity index (χ1v) is 13.3. The van der Waals surface area contributed by atoms with Crippen molar-refractivity contribution in [3.05, 3.63) is 74.1 Å². The topological polar surface area (TPSA) is 108 Å². The van der Waals surface area contributed by atoms with Crippen molar-refractivity contribution in [2.24, 2.45) is 0 Å². The van der Waals surface area contributed by atoms with Crippen molar-refractivity contribution in [2.75, 3.05) is 26.3 Å². The molecule has 1 saturated heterocycles. The van der Waals surface area contributed by atoms with E-state index in [0.717, 1.165) is 37.7 Å². The molecule has 1 aliphatic carbocycles. The Balaban J connectivity index is 1.52. The predicted molar refractivity (Wildman–Crippen MR) is 138 cm³/mol. The van der Waals surface area contributed by atoms with Crippen molar-refractivity contribution in [3.8, 4) is 0 Å². The second kappa shape index (κ2) is 10.8. The molecule has 0 bridgehead atoms. The summed E-state index contributed by atoms with van der Waals surface area (Å²) in [5.74, 6) is 0.350. The fraction of sp³-hybridized carbons (Fsp3) is 0.423. The number of fused-ring (bicyclic) bond motifs is 1. The Hall–Kier alpha value is -3.24. The van der Waals surface area contributed by atoms with Gasteiger partial charge in [0.1, 0.15) is 0 Å². The van der Waals surface area contributed by atoms with Gasteiger partial charge in [0.15, 0.2) is 5.16 Å². The Morgan fingerprint density at radius 3 is 2.64 bits per heavy atom. The van der Waals surface area contributed by atoms with Crippen LogP contribution in [0.4, 0.5) is 5.69 Å². The van der Waals surface area contributed by atoms with Gasteiger partial charge in [-0.3, -0.25) is 24.3 Å². The zero-order valence-electron chi connectivity index (χ0n) is 19.9. The van der Waals surface area contributed by atoms with Crippen LogP contribution in [-0.4, -0.2) is 51.6 Å². The van der Waals surface area contributed by atoms with E-state index < -0.39 is 4.92 Å². The first-order valence-electron chi connectivity index (χ1n) is 12.3. The summed E-state index contributed by atoms with van der Waals surface area (Å²) in [7, 11) is 0. The zero-order valence-corrected chi connectivity index (χ0v) is 20.7. The Morgan fingerprint density at radius 2 is 1.89 bits per heavy atom. The third-order valence-electron chi connectivity index (χ3n) is 6.84. The monoisotopic (exact) mass is 508 g/mol. The van der Waals surface area contributed by atoms with Crippen molar-refractivity contribution in [1.29, 1.82) is 0 Å². The molecule has 2 aromatic carbocycles. The molecule has 0 unspecified atom stereocenters. The number of carbonyl (C=O) groups excluding carboxylic acids is 1. The average Bonchev–Trinajstić information content (AvgIpc) is 2.92. The van der Waals surface area contributed by atoms with Crippen LogP contribution in [0.1, 0.15) is 54.1 Å². The quantitative estimate of drug-likeness (QED) is 0.208. The van der Waals surface area contributed by atoms with Gasteiger partial charge in [0, 0.05) is 42.6 Å². The molecule has 5 rings (SSSR count). The third-order valence-corrected chi connectivity index (χ3v) is 7.87. The molecule has 1 amide bonds. The normalized spacial score (nSPS) is 16.8. The van der Waals surface area contributed by atoms with E-state index in [0.29, 0.717) is 53.7 Å². The van der Waals surface area contributed by atoms with Gasteiger partial charge in [-0.25, -0.2) is 4.98 Å². The average molecular weight is 509 g/mol. The van der Waals surface area contributed by atoms with Gasteiger partial charge in [0.05, 0.1) is 29.0 Å². The van der Waals surface area contributed by atoms with E-state index in [2.05, 4.69) is 0 Å². The van der Waals surface area contributed by atoms with Gasteiger partial charge in [-0.2, -0.15) is 0 Å². The lowest BCUT2D eigenvalue weighted by Crippen LogP contribution is -2.40. The minimum absolute atomic E-state index is 0.0375. The second-order valence-electron chi connectivity index (χ2n) is 9.21. The molecule has 0 radical (unpaired) electrons. The van der Waals surface area contributed by atoms with Crippen molar-refractivity contribution in [1.82, 2.24) is 14.5 Å². The highest BCUT2D eigenvalue weighted by atomic mass is 32.2. The fourth-order valence-electron chi connectivity index (χ4n) is 4.93. The van der Waals surface area contributed by atoms with E-state index in [4.69, 9.17) is 9.72 Å². The lowest BCUT2D eigenvalue weighted by atomic mass is 9.95. The lowest BCUT2D eigenvalue weighted by molar-refractivity contribution is -0.384. The molecule has 0 atom stereocenters. The number of thioether (sulfide) groups is 1. The van der Waals surface area contributed by atoms with Gasteiger partial charge >= 0.3 is 0 Å². The first kappa shape index (κ1) is 24.5. The number of non-ortho nitro benzene ring substituents is 1. The Bertz CT molecular complexity index is 1350. The SMILES string of the molecule is O=C(c1ccc2c(=O)n(C3CCCCC3)c(SCc3cccc([N+](=O)[O-])c3)nc2c1)N1CCOCC1. The van der Waals surface area contributed by atoms with Gasteiger partial charge < -0.3 is 9.64 Å². The second-order valence-corrected chi connectivity index (χ2v) is 10.2. The molecule has 188 valence electrons. The smallest absolute Gasteiger partial charge is 0.269 e. The number of hydrogen-bond acceptors (Lipinski definition) is 7. The molecular weight excluding hydrogens is 480 g/mol. The van der Waals surface area contributed by atoms with E-state index in [9.17, 15) is 19.7 Å². The molecule has 36 heavy (non-hydrogen) atoms. The van der Waals surface area contributed by atoms with Crippen LogP contribution in [0.2, 0.25) is 0 Å². The van der Waals surface area contributed by atoms with Gasteiger partial charge in [-0.05, 0) is 36.6 Å². The molecule has 2 fully saturated rings. The number of hydrogen-bond donors (Lipinski definition) is 0. The molecule has 9 nitrogen and oxygen atoms in total. The van der Waals surface area contributed by atoms with Crippen molar-refractivity contribution in [2.45, 2.75) is 49.1 Å². The van der Waals surface area contributed by atoms with Gasteiger partial charge in [-0.1, -0.05) is 43.2 Å². The lowest BCUT2D eigenvalue weighted by Gasteiger charge is -2.27. The van der Waals surface area contributed by atoms with Crippen LogP contribution in [0.15, 0.2) is 52.4 Å². The highest BCUT2D eigenvalue weighted by Gasteiger charge is 2.24. The summed E-state index contributed by atoms with van der Waals surface area (Å²) < 4.78 is 7.16. The molecule has 1 aliphatic heterocycles. The maximum atomic E-state index is 13.7. The molecule has 2 aliphatic rings. The summed E-state index contributed by atoms with van der Waals surface area (Å²) in [6.45, 7) is 2.11. The van der Waals surface area contributed by atoms with E-state index in [1.54, 1.807) is 35.2 Å². The van der Waals surface area contributed by atoms with Crippen LogP contribution in [0.25, 0.3) is 10.9 Å². The minimum Gasteiger partial charge on any atom is -0.378 e. The van der Waals surface area contributed by atoms with E-state index in [-0.39, 0.29) is 23.2 Å². The van der Waals surface area contributed by atoms with Gasteiger partial charge in [-0.15, -0.1) is 0 Å². The van der Waals surface area contributed by atoms with Crippen molar-refractivity contribution < 1.29 is 14.5 Å². The maximum Gasteiger partial charge on any atom is 0.269 e. The summed E-state index contributed by atoms with van der Waals surface area (Å²) in [6, 6.07) is 11.7. The molecule has 1 saturated carbocycles. The number of nitro benzene ring substituents is 1. The number of aromatic nitrogens is 2. The van der Waals surface area contributed by atoms with E-state index >= 15 is 0 Å². The van der Waals surface area contributed by atoms with Crippen LogP contribution in [0.3, 0.4) is 0 Å². The molecule has 3 aromatic rings. The van der Waals surface area contributed by atoms with Crippen LogP contribution in [0.5, 0.6) is 0 Å². The number of morpholine rings is 1. The minimum atomic E-state index is -0.409. The molecule has 1 aromatic heterocycles. The van der Waals surface area contributed by atoms with Gasteiger partial charge in [0.2, 0.25) is 0 Å². The zero-order chi connectivity index (χ0) is 25.1. The van der Waals surface area contributed by atoms with Crippen LogP contribution in [-0.2, 0) is 10.5 Å². The number of ether oxygens (including phenoxy) is 1. The largest absolute Gasteiger partial charge is 0.378 e. The number of rotatable bonds is 6. The van der Waals surface area contributed by atoms with Crippen LogP contribution < -0.4 is 5.56 Å². The number of benzene rings is 2. The maximum absolute atomic E-state index is 13.7. The molecule has 0 spiro atoms. The summed E-state index contributed by atoms with van der Waals surface area (Å²) in [4.78, 5) is 44.1. The summed E-state index contributed by atoms with van der Waals surface area (Å²) in [5.41, 5.74) is 1.72. The first-order chi connectivity index (χ1) is 17.5. The number of carbonyl (C=O) groups is 1. The van der Waals surface area contributed by atoms with E-state index in [1.807, 2.05) is 10.6 Å². The van der Waals surface area contributed by atoms with E-state index in [1.165, 1.54) is 17.8 Å². The summed E-state index contributed by atoms with van der Waals surface area (Å²) in [5, 5.41) is 12.3. The fourth-order valence-corrected chi connectivity index (χ4v) is 5.94. The van der Waals surface area contributed by atoms with Crippen molar-refractivity contribution in [3.63, 3.8) is 0 Å². The Labute approximate surface area is 212 Å². The highest BCUT2D eigenvalue weighted by molar-refractivity contribution is 7.98. The predicted octanol–water partition coefficient (Wildman–Crippen LogP) is 4.57. The number of amides is 1. The molecular formula is C26H28N4O5S.